The zero-order valence-electron chi connectivity index (χ0n) is 14.4. The molecule has 0 radical (unpaired) electrons. The topological polar surface area (TPSA) is 84.7 Å². The molecule has 1 amide bonds. The molecule has 7 heteroatoms. The normalized spacial score (nSPS) is 21.8. The Labute approximate surface area is 151 Å². The van der Waals surface area contributed by atoms with E-state index in [-0.39, 0.29) is 23.7 Å². The lowest BCUT2D eigenvalue weighted by Crippen LogP contribution is -2.45. The predicted octanol–water partition coefficient (Wildman–Crippen LogP) is 1.83. The highest BCUT2D eigenvalue weighted by Gasteiger charge is 2.50. The smallest absolute Gasteiger partial charge is 0.312 e. The molecule has 26 heavy (non-hydrogen) atoms. The zero-order chi connectivity index (χ0) is 18.1. The van der Waals surface area contributed by atoms with Crippen molar-refractivity contribution in [3.63, 3.8) is 0 Å². The maximum Gasteiger partial charge on any atom is 0.312 e. The highest BCUT2D eigenvalue weighted by Crippen LogP contribution is 2.43. The van der Waals surface area contributed by atoms with Gasteiger partial charge in [-0.2, -0.15) is 0 Å². The monoisotopic (exact) mass is 355 g/mol. The Bertz CT molecular complexity index is 810. The van der Waals surface area contributed by atoms with Crippen LogP contribution in [0.1, 0.15) is 29.6 Å². The summed E-state index contributed by atoms with van der Waals surface area (Å²) in [4.78, 5) is 30.9. The van der Waals surface area contributed by atoms with Gasteiger partial charge in [-0.25, -0.2) is 4.98 Å². The Morgan fingerprint density at radius 2 is 2.15 bits per heavy atom. The van der Waals surface area contributed by atoms with Crippen LogP contribution >= 0.6 is 0 Å². The molecule has 2 aromatic rings. The van der Waals surface area contributed by atoms with Gasteiger partial charge < -0.3 is 19.3 Å². The molecule has 2 aliphatic rings. The predicted molar refractivity (Wildman–Crippen MR) is 92.4 cm³/mol. The van der Waals surface area contributed by atoms with Gasteiger partial charge in [-0.3, -0.25) is 9.59 Å². The minimum Gasteiger partial charge on any atom is -0.508 e. The second-order valence-corrected chi connectivity index (χ2v) is 7.11. The highest BCUT2D eigenvalue weighted by atomic mass is 16.6. The highest BCUT2D eigenvalue weighted by molar-refractivity contribution is 5.94. The van der Waals surface area contributed by atoms with Gasteiger partial charge in [0, 0.05) is 37.5 Å². The van der Waals surface area contributed by atoms with Gasteiger partial charge in [0.05, 0.1) is 18.3 Å². The number of hydrogen-bond donors (Lipinski definition) is 1. The van der Waals surface area contributed by atoms with Crippen LogP contribution in [0.5, 0.6) is 5.75 Å². The number of cyclic esters (lactones) is 1. The number of phenolic OH excluding ortho intramolecular Hbond substituents is 1. The first-order chi connectivity index (χ1) is 12.6. The number of carbonyl (C=O) groups is 2. The number of phenols is 1. The number of esters is 1. The Balaban J connectivity index is 1.39. The third-order valence-electron chi connectivity index (χ3n) is 5.40. The number of nitrogens with zero attached hydrogens (tertiary/aromatic N) is 3. The molecule has 1 aromatic carbocycles. The van der Waals surface area contributed by atoms with Gasteiger partial charge in [-0.05, 0) is 31.0 Å². The molecular formula is C19H21N3O4. The van der Waals surface area contributed by atoms with Gasteiger partial charge >= 0.3 is 5.97 Å². The zero-order valence-corrected chi connectivity index (χ0v) is 14.4. The summed E-state index contributed by atoms with van der Waals surface area (Å²) in [6.07, 6.45) is 7.03. The molecule has 4 rings (SSSR count). The number of piperidine rings is 1. The quantitative estimate of drug-likeness (QED) is 0.849. The summed E-state index contributed by atoms with van der Waals surface area (Å²) in [6, 6.07) is 6.36. The van der Waals surface area contributed by atoms with Crippen molar-refractivity contribution >= 4 is 11.9 Å². The van der Waals surface area contributed by atoms with E-state index in [0.29, 0.717) is 44.5 Å². The van der Waals surface area contributed by atoms with Gasteiger partial charge in [0.15, 0.2) is 0 Å². The second kappa shape index (κ2) is 6.48. The molecule has 1 unspecified atom stereocenters. The van der Waals surface area contributed by atoms with Crippen molar-refractivity contribution in [2.75, 3.05) is 13.1 Å². The van der Waals surface area contributed by atoms with Gasteiger partial charge in [0.25, 0.3) is 5.91 Å². The summed E-state index contributed by atoms with van der Waals surface area (Å²) in [5, 5.41) is 9.56. The molecule has 2 aliphatic heterocycles. The van der Waals surface area contributed by atoms with E-state index >= 15 is 0 Å². The van der Waals surface area contributed by atoms with Crippen molar-refractivity contribution in [3.8, 4) is 5.75 Å². The summed E-state index contributed by atoms with van der Waals surface area (Å²) in [7, 11) is 0. The third kappa shape index (κ3) is 3.05. The van der Waals surface area contributed by atoms with Crippen LogP contribution in [0.25, 0.3) is 0 Å². The van der Waals surface area contributed by atoms with Gasteiger partial charge in [-0.15, -0.1) is 0 Å². The number of benzene rings is 1. The molecule has 3 heterocycles. The Morgan fingerprint density at radius 1 is 1.35 bits per heavy atom. The van der Waals surface area contributed by atoms with Crippen molar-refractivity contribution in [1.82, 2.24) is 14.5 Å². The van der Waals surface area contributed by atoms with E-state index in [4.69, 9.17) is 4.74 Å². The fourth-order valence-electron chi connectivity index (χ4n) is 3.94. The fraction of sp³-hybridized carbons (Fsp3) is 0.421. The number of aromatic hydroxyl groups is 1. The second-order valence-electron chi connectivity index (χ2n) is 7.11. The fourth-order valence-corrected chi connectivity index (χ4v) is 3.94. The van der Waals surface area contributed by atoms with E-state index in [1.54, 1.807) is 29.6 Å². The SMILES string of the molecule is O=C(c1cccc(O)c1)N1CCC2(CC1)CC(Cn1ccnc1)OC2=O. The summed E-state index contributed by atoms with van der Waals surface area (Å²) in [6.45, 7) is 1.64. The maximum absolute atomic E-state index is 12.6. The van der Waals surface area contributed by atoms with Crippen molar-refractivity contribution in [2.45, 2.75) is 31.9 Å². The number of hydrogen-bond acceptors (Lipinski definition) is 5. The first-order valence-corrected chi connectivity index (χ1v) is 8.81. The number of ether oxygens (including phenoxy) is 1. The summed E-state index contributed by atoms with van der Waals surface area (Å²) < 4.78 is 7.51. The summed E-state index contributed by atoms with van der Waals surface area (Å²) in [5.74, 6) is -0.185. The van der Waals surface area contributed by atoms with Crippen molar-refractivity contribution < 1.29 is 19.4 Å². The summed E-state index contributed by atoms with van der Waals surface area (Å²) in [5.41, 5.74) is -0.0196. The molecule has 0 aliphatic carbocycles. The molecule has 7 nitrogen and oxygen atoms in total. The number of aromatic nitrogens is 2. The molecule has 1 N–H and O–H groups in total. The van der Waals surface area contributed by atoms with Crippen LogP contribution in [0.2, 0.25) is 0 Å². The number of likely N-dealkylation sites (tertiary alicyclic amines) is 1. The van der Waals surface area contributed by atoms with Crippen LogP contribution in [0.4, 0.5) is 0 Å². The Hall–Kier alpha value is -2.83. The lowest BCUT2D eigenvalue weighted by Gasteiger charge is -2.36. The minimum absolute atomic E-state index is 0.0750. The van der Waals surface area contributed by atoms with Crippen LogP contribution in [0.3, 0.4) is 0 Å². The van der Waals surface area contributed by atoms with E-state index in [1.165, 1.54) is 12.1 Å². The molecule has 0 saturated carbocycles. The molecule has 2 fully saturated rings. The van der Waals surface area contributed by atoms with E-state index in [0.717, 1.165) is 0 Å². The molecule has 1 aromatic heterocycles. The van der Waals surface area contributed by atoms with Crippen molar-refractivity contribution in [3.05, 3.63) is 48.5 Å². The average Bonchev–Trinajstić information content (AvgIpc) is 3.24. The maximum atomic E-state index is 12.6. The number of imidazole rings is 1. The lowest BCUT2D eigenvalue weighted by atomic mass is 9.76. The molecule has 0 bridgehead atoms. The van der Waals surface area contributed by atoms with Gasteiger partial charge in [-0.1, -0.05) is 6.07 Å². The summed E-state index contributed by atoms with van der Waals surface area (Å²) >= 11 is 0. The van der Waals surface area contributed by atoms with E-state index in [2.05, 4.69) is 4.98 Å². The number of carbonyl (C=O) groups excluding carboxylic acids is 2. The third-order valence-corrected chi connectivity index (χ3v) is 5.40. The Kier molecular flexibility index (Phi) is 4.14. The largest absolute Gasteiger partial charge is 0.508 e. The first kappa shape index (κ1) is 16.6. The number of rotatable bonds is 3. The average molecular weight is 355 g/mol. The van der Waals surface area contributed by atoms with Gasteiger partial charge in [0.1, 0.15) is 11.9 Å². The van der Waals surface area contributed by atoms with Crippen LogP contribution in [0, 0.1) is 5.41 Å². The van der Waals surface area contributed by atoms with Crippen LogP contribution in [0.15, 0.2) is 43.0 Å². The first-order valence-electron chi connectivity index (χ1n) is 8.81. The molecule has 2 saturated heterocycles. The van der Waals surface area contributed by atoms with Crippen molar-refractivity contribution in [1.29, 1.82) is 0 Å². The van der Waals surface area contributed by atoms with E-state index in [9.17, 15) is 14.7 Å². The molecular weight excluding hydrogens is 334 g/mol. The molecule has 1 atom stereocenters. The molecule has 1 spiro atoms. The van der Waals surface area contributed by atoms with Gasteiger partial charge in [0.2, 0.25) is 0 Å². The minimum atomic E-state index is -0.485. The lowest BCUT2D eigenvalue weighted by molar-refractivity contribution is -0.150. The Morgan fingerprint density at radius 3 is 2.85 bits per heavy atom. The van der Waals surface area contributed by atoms with Crippen LogP contribution in [-0.4, -0.2) is 50.6 Å². The molecule has 136 valence electrons. The number of amides is 1. The van der Waals surface area contributed by atoms with Crippen molar-refractivity contribution in [2.24, 2.45) is 5.41 Å². The van der Waals surface area contributed by atoms with E-state index < -0.39 is 5.41 Å². The van der Waals surface area contributed by atoms with Crippen LogP contribution in [-0.2, 0) is 16.1 Å². The van der Waals surface area contributed by atoms with Crippen LogP contribution < -0.4 is 0 Å². The standard InChI is InChI=1S/C19H21N3O4/c23-15-3-1-2-14(10-15)17(24)22-7-4-19(5-8-22)11-16(26-18(19)25)12-21-9-6-20-13-21/h1-3,6,9-10,13,16,23H,4-5,7-8,11-12H2. The van der Waals surface area contributed by atoms with E-state index in [1.807, 2.05) is 10.8 Å².